The van der Waals surface area contributed by atoms with Crippen LogP contribution in [0, 0.1) is 5.82 Å². The highest BCUT2D eigenvalue weighted by atomic mass is 19.1. The molecule has 0 saturated carbocycles. The SMILES string of the molecule is CCC[C@@H](c1nnnn1C(C)(C)C)N(Cc1ccc(F)cc1)Cc1cc2cc(OC)ccc2[nH]c1=O. The van der Waals surface area contributed by atoms with Crippen LogP contribution in [0.25, 0.3) is 10.9 Å². The molecule has 2 aromatic carbocycles. The van der Waals surface area contributed by atoms with Crippen LogP contribution in [0.2, 0.25) is 0 Å². The molecule has 0 amide bonds. The summed E-state index contributed by atoms with van der Waals surface area (Å²) in [7, 11) is 1.62. The Bertz CT molecular complexity index is 1370. The molecular weight excluding hydrogens is 459 g/mol. The number of tetrazole rings is 1. The van der Waals surface area contributed by atoms with Crippen LogP contribution in [0.5, 0.6) is 5.75 Å². The van der Waals surface area contributed by atoms with E-state index in [4.69, 9.17) is 4.74 Å². The van der Waals surface area contributed by atoms with Gasteiger partial charge in [0.05, 0.1) is 18.7 Å². The number of nitrogens with one attached hydrogen (secondary N) is 1. The number of hydrogen-bond acceptors (Lipinski definition) is 6. The van der Waals surface area contributed by atoms with Gasteiger partial charge in [-0.3, -0.25) is 9.69 Å². The molecule has 0 bridgehead atoms. The fourth-order valence-corrected chi connectivity index (χ4v) is 4.42. The number of rotatable bonds is 9. The van der Waals surface area contributed by atoms with Crippen molar-refractivity contribution in [3.63, 3.8) is 0 Å². The fourth-order valence-electron chi connectivity index (χ4n) is 4.42. The van der Waals surface area contributed by atoms with Crippen molar-refractivity contribution in [3.8, 4) is 5.75 Å². The van der Waals surface area contributed by atoms with Gasteiger partial charge in [-0.25, -0.2) is 9.07 Å². The third-order valence-corrected chi connectivity index (χ3v) is 6.23. The monoisotopic (exact) mass is 492 g/mol. The van der Waals surface area contributed by atoms with E-state index in [1.54, 1.807) is 19.2 Å². The summed E-state index contributed by atoms with van der Waals surface area (Å²) in [6.45, 7) is 9.15. The molecule has 0 aliphatic carbocycles. The number of benzene rings is 2. The van der Waals surface area contributed by atoms with Crippen molar-refractivity contribution in [1.29, 1.82) is 0 Å². The Balaban J connectivity index is 1.79. The van der Waals surface area contributed by atoms with Gasteiger partial charge >= 0.3 is 0 Å². The standard InChI is InChI=1S/C27H33FN6O2/c1-6-7-24(25-30-31-32-34(25)27(2,3)4)33(16-18-8-10-21(28)11-9-18)17-20-14-19-15-22(36-5)12-13-23(19)29-26(20)35/h8-15,24H,6-7,16-17H2,1-5H3,(H,29,35)/t24-/m0/s1. The average molecular weight is 493 g/mol. The average Bonchev–Trinajstić information content (AvgIpc) is 3.34. The van der Waals surface area contributed by atoms with Crippen molar-refractivity contribution in [3.05, 3.63) is 81.7 Å². The number of aromatic nitrogens is 5. The molecule has 0 unspecified atom stereocenters. The van der Waals surface area contributed by atoms with Crippen molar-refractivity contribution in [2.24, 2.45) is 0 Å². The van der Waals surface area contributed by atoms with E-state index in [0.29, 0.717) is 18.7 Å². The third-order valence-electron chi connectivity index (χ3n) is 6.23. The maximum absolute atomic E-state index is 13.6. The van der Waals surface area contributed by atoms with Crippen molar-refractivity contribution >= 4 is 10.9 Å². The maximum Gasteiger partial charge on any atom is 0.252 e. The van der Waals surface area contributed by atoms with Gasteiger partial charge in [0, 0.05) is 29.6 Å². The summed E-state index contributed by atoms with van der Waals surface area (Å²) in [5, 5.41) is 13.6. The van der Waals surface area contributed by atoms with E-state index in [1.165, 1.54) is 12.1 Å². The minimum atomic E-state index is -0.316. The molecule has 4 rings (SSSR count). The third kappa shape index (κ3) is 5.62. The van der Waals surface area contributed by atoms with Crippen LogP contribution in [0.4, 0.5) is 4.39 Å². The van der Waals surface area contributed by atoms with Gasteiger partial charge in [-0.1, -0.05) is 25.5 Å². The summed E-state index contributed by atoms with van der Waals surface area (Å²) in [5.74, 6) is 1.18. The van der Waals surface area contributed by atoms with E-state index in [2.05, 4.69) is 53.1 Å². The van der Waals surface area contributed by atoms with E-state index in [1.807, 2.05) is 28.9 Å². The van der Waals surface area contributed by atoms with E-state index < -0.39 is 0 Å². The normalized spacial score (nSPS) is 12.9. The number of halogens is 1. The van der Waals surface area contributed by atoms with Crippen LogP contribution < -0.4 is 10.3 Å². The zero-order chi connectivity index (χ0) is 25.9. The van der Waals surface area contributed by atoms with Crippen molar-refractivity contribution in [1.82, 2.24) is 30.1 Å². The lowest BCUT2D eigenvalue weighted by Gasteiger charge is -2.33. The van der Waals surface area contributed by atoms with Crippen LogP contribution >= 0.6 is 0 Å². The molecule has 8 nitrogen and oxygen atoms in total. The molecular formula is C27H33FN6O2. The van der Waals surface area contributed by atoms with Gasteiger partial charge in [-0.15, -0.1) is 5.10 Å². The minimum absolute atomic E-state index is 0.151. The van der Waals surface area contributed by atoms with Gasteiger partial charge in [0.1, 0.15) is 11.6 Å². The number of ether oxygens (including phenoxy) is 1. The molecule has 2 aromatic heterocycles. The fraction of sp³-hybridized carbons (Fsp3) is 0.407. The molecule has 0 aliphatic rings. The Kier molecular flexibility index (Phi) is 7.49. The summed E-state index contributed by atoms with van der Waals surface area (Å²) >= 11 is 0. The lowest BCUT2D eigenvalue weighted by atomic mass is 10.0. The molecule has 0 spiro atoms. The Morgan fingerprint density at radius 2 is 1.86 bits per heavy atom. The molecule has 0 fully saturated rings. The predicted octanol–water partition coefficient (Wildman–Crippen LogP) is 4.96. The first-order valence-electron chi connectivity index (χ1n) is 12.2. The predicted molar refractivity (Wildman–Crippen MR) is 137 cm³/mol. The minimum Gasteiger partial charge on any atom is -0.497 e. The molecule has 0 radical (unpaired) electrons. The lowest BCUT2D eigenvalue weighted by molar-refractivity contribution is 0.148. The smallest absolute Gasteiger partial charge is 0.252 e. The van der Waals surface area contributed by atoms with E-state index in [0.717, 1.165) is 40.9 Å². The molecule has 0 saturated heterocycles. The van der Waals surface area contributed by atoms with Gasteiger partial charge in [0.15, 0.2) is 5.82 Å². The Labute approximate surface area is 210 Å². The second-order valence-electron chi connectivity index (χ2n) is 10.0. The Morgan fingerprint density at radius 1 is 1.11 bits per heavy atom. The summed E-state index contributed by atoms with van der Waals surface area (Å²) in [6, 6.07) is 13.8. The Hall–Kier alpha value is -3.59. The highest BCUT2D eigenvalue weighted by Gasteiger charge is 2.30. The van der Waals surface area contributed by atoms with E-state index >= 15 is 0 Å². The molecule has 1 atom stereocenters. The van der Waals surface area contributed by atoms with E-state index in [-0.39, 0.29) is 23.0 Å². The number of nitrogens with zero attached hydrogens (tertiary/aromatic N) is 5. The lowest BCUT2D eigenvalue weighted by Crippen LogP contribution is -2.35. The molecule has 2 heterocycles. The molecule has 4 aromatic rings. The van der Waals surface area contributed by atoms with Gasteiger partial charge in [0.2, 0.25) is 0 Å². The topological polar surface area (TPSA) is 88.9 Å². The van der Waals surface area contributed by atoms with Crippen LogP contribution in [-0.4, -0.2) is 37.2 Å². The van der Waals surface area contributed by atoms with Crippen LogP contribution in [-0.2, 0) is 18.6 Å². The number of hydrogen-bond donors (Lipinski definition) is 1. The summed E-state index contributed by atoms with van der Waals surface area (Å²) < 4.78 is 20.8. The van der Waals surface area contributed by atoms with Crippen LogP contribution in [0.15, 0.2) is 53.3 Å². The Morgan fingerprint density at radius 3 is 2.53 bits per heavy atom. The first-order valence-corrected chi connectivity index (χ1v) is 12.2. The summed E-state index contributed by atoms with van der Waals surface area (Å²) in [6.07, 6.45) is 1.68. The maximum atomic E-state index is 13.6. The number of fused-ring (bicyclic) bond motifs is 1. The highest BCUT2D eigenvalue weighted by molar-refractivity contribution is 5.80. The quantitative estimate of drug-likeness (QED) is 0.355. The van der Waals surface area contributed by atoms with Gasteiger partial charge in [-0.2, -0.15) is 0 Å². The van der Waals surface area contributed by atoms with E-state index in [9.17, 15) is 9.18 Å². The molecule has 9 heteroatoms. The van der Waals surface area contributed by atoms with Crippen molar-refractivity contribution < 1.29 is 9.13 Å². The second-order valence-corrected chi connectivity index (χ2v) is 10.0. The zero-order valence-corrected chi connectivity index (χ0v) is 21.5. The van der Waals surface area contributed by atoms with Gasteiger partial charge < -0.3 is 9.72 Å². The number of pyridine rings is 1. The summed E-state index contributed by atoms with van der Waals surface area (Å²) in [4.78, 5) is 18.3. The van der Waals surface area contributed by atoms with Gasteiger partial charge in [0.25, 0.3) is 5.56 Å². The first-order chi connectivity index (χ1) is 17.2. The molecule has 190 valence electrons. The van der Waals surface area contributed by atoms with Crippen LogP contribution in [0.1, 0.15) is 63.5 Å². The summed E-state index contributed by atoms with van der Waals surface area (Å²) in [5.41, 5.74) is 1.84. The van der Waals surface area contributed by atoms with Crippen molar-refractivity contribution in [2.75, 3.05) is 7.11 Å². The molecule has 1 N–H and O–H groups in total. The molecule has 0 aliphatic heterocycles. The van der Waals surface area contributed by atoms with Crippen molar-refractivity contribution in [2.45, 2.75) is 65.2 Å². The highest BCUT2D eigenvalue weighted by Crippen LogP contribution is 2.30. The number of H-pyrrole nitrogens is 1. The number of methoxy groups -OCH3 is 1. The molecule has 36 heavy (non-hydrogen) atoms. The van der Waals surface area contributed by atoms with Crippen LogP contribution in [0.3, 0.4) is 0 Å². The number of aromatic amines is 1. The zero-order valence-electron chi connectivity index (χ0n) is 21.5. The first kappa shape index (κ1) is 25.5. The largest absolute Gasteiger partial charge is 0.497 e. The van der Waals surface area contributed by atoms with Gasteiger partial charge in [-0.05, 0) is 79.6 Å². The second kappa shape index (κ2) is 10.6.